The summed E-state index contributed by atoms with van der Waals surface area (Å²) in [4.78, 5) is 38.3. The highest BCUT2D eigenvalue weighted by atomic mass is 16.6. The van der Waals surface area contributed by atoms with Gasteiger partial charge in [-0.15, -0.1) is 0 Å². The van der Waals surface area contributed by atoms with E-state index in [2.05, 4.69) is 57.2 Å². The normalized spacial score (nSPS) is 12.2. The van der Waals surface area contributed by atoms with E-state index in [0.717, 1.165) is 70.6 Å². The number of allylic oxidation sites excluding steroid dienone is 6. The van der Waals surface area contributed by atoms with Crippen LogP contribution in [0.2, 0.25) is 0 Å². The standard InChI is InChI=1S/C69H128O6/c1-4-7-10-13-16-19-22-25-28-31-32-33-34-35-36-37-38-39-42-44-47-50-53-56-59-62-68(71)74-65-66(75-69(72)63-60-57-54-51-48-45-41-30-27-24-21-18-15-12-9-6-3)64-73-67(70)61-58-55-52-49-46-43-40-29-26-23-20-17-14-11-8-5-2/h29-32,40-41,66H,4-28,33-39,42-65H2,1-3H3/b32-31-,40-29-,41-30-. The van der Waals surface area contributed by atoms with Crippen molar-refractivity contribution in [1.82, 2.24) is 0 Å². The Kier molecular flexibility index (Phi) is 62.1. The molecule has 75 heavy (non-hydrogen) atoms. The number of unbranched alkanes of at least 4 members (excludes halogenated alkanes) is 45. The first-order valence-electron chi connectivity index (χ1n) is 33.5. The van der Waals surface area contributed by atoms with Gasteiger partial charge in [-0.25, -0.2) is 0 Å². The van der Waals surface area contributed by atoms with Gasteiger partial charge in [-0.3, -0.25) is 14.4 Å². The molecule has 0 amide bonds. The zero-order valence-corrected chi connectivity index (χ0v) is 50.6. The molecule has 6 nitrogen and oxygen atoms in total. The van der Waals surface area contributed by atoms with E-state index in [0.29, 0.717) is 19.3 Å². The fraction of sp³-hybridized carbons (Fsp3) is 0.870. The van der Waals surface area contributed by atoms with Crippen molar-refractivity contribution in [3.8, 4) is 0 Å². The van der Waals surface area contributed by atoms with E-state index in [-0.39, 0.29) is 31.1 Å². The molecule has 0 radical (unpaired) electrons. The zero-order valence-electron chi connectivity index (χ0n) is 50.6. The van der Waals surface area contributed by atoms with E-state index in [1.165, 1.54) is 257 Å². The Bertz CT molecular complexity index is 1250. The Morgan fingerprint density at radius 1 is 0.253 bits per heavy atom. The predicted octanol–water partition coefficient (Wildman–Crippen LogP) is 22.8. The van der Waals surface area contributed by atoms with Crippen LogP contribution in [-0.4, -0.2) is 37.2 Å². The smallest absolute Gasteiger partial charge is 0.306 e. The number of esters is 3. The van der Waals surface area contributed by atoms with Gasteiger partial charge in [-0.05, 0) is 96.3 Å². The molecule has 0 aliphatic carbocycles. The van der Waals surface area contributed by atoms with Gasteiger partial charge in [0, 0.05) is 19.3 Å². The molecule has 1 unspecified atom stereocenters. The van der Waals surface area contributed by atoms with Crippen LogP contribution < -0.4 is 0 Å². The summed E-state index contributed by atoms with van der Waals surface area (Å²) in [5.74, 6) is -0.868. The van der Waals surface area contributed by atoms with Crippen molar-refractivity contribution in [2.45, 2.75) is 374 Å². The molecule has 0 N–H and O–H groups in total. The third-order valence-corrected chi connectivity index (χ3v) is 15.1. The number of rotatable bonds is 62. The van der Waals surface area contributed by atoms with Gasteiger partial charge >= 0.3 is 17.9 Å². The average Bonchev–Trinajstić information content (AvgIpc) is 3.41. The van der Waals surface area contributed by atoms with Crippen molar-refractivity contribution in [3.05, 3.63) is 36.5 Å². The van der Waals surface area contributed by atoms with Crippen LogP contribution in [0.4, 0.5) is 0 Å². The van der Waals surface area contributed by atoms with E-state index in [9.17, 15) is 14.4 Å². The maximum atomic E-state index is 12.9. The van der Waals surface area contributed by atoms with Crippen molar-refractivity contribution >= 4 is 17.9 Å². The molecule has 0 bridgehead atoms. The Morgan fingerprint density at radius 2 is 0.440 bits per heavy atom. The molecule has 0 saturated heterocycles. The van der Waals surface area contributed by atoms with Crippen molar-refractivity contribution in [3.63, 3.8) is 0 Å². The summed E-state index contributed by atoms with van der Waals surface area (Å²) in [5.41, 5.74) is 0. The summed E-state index contributed by atoms with van der Waals surface area (Å²) in [7, 11) is 0. The van der Waals surface area contributed by atoms with Crippen LogP contribution in [0.1, 0.15) is 367 Å². The molecule has 0 aromatic heterocycles. The summed E-state index contributed by atoms with van der Waals surface area (Å²) in [6.07, 6.45) is 78.7. The third kappa shape index (κ3) is 62.4. The molecule has 0 aliphatic rings. The minimum Gasteiger partial charge on any atom is -0.462 e. The van der Waals surface area contributed by atoms with Gasteiger partial charge in [0.25, 0.3) is 0 Å². The van der Waals surface area contributed by atoms with Crippen LogP contribution in [0.25, 0.3) is 0 Å². The highest BCUT2D eigenvalue weighted by molar-refractivity contribution is 5.71. The van der Waals surface area contributed by atoms with Gasteiger partial charge in [0.05, 0.1) is 0 Å². The number of carbonyl (C=O) groups excluding carboxylic acids is 3. The van der Waals surface area contributed by atoms with Crippen LogP contribution in [-0.2, 0) is 28.6 Å². The molecule has 0 saturated carbocycles. The van der Waals surface area contributed by atoms with E-state index in [1.54, 1.807) is 0 Å². The third-order valence-electron chi connectivity index (χ3n) is 15.1. The Balaban J connectivity index is 4.28. The Morgan fingerprint density at radius 3 is 0.667 bits per heavy atom. The number of carbonyl (C=O) groups is 3. The van der Waals surface area contributed by atoms with Gasteiger partial charge in [0.2, 0.25) is 0 Å². The highest BCUT2D eigenvalue weighted by Crippen LogP contribution is 2.17. The van der Waals surface area contributed by atoms with E-state index in [1.807, 2.05) is 0 Å². The topological polar surface area (TPSA) is 78.9 Å². The Hall–Kier alpha value is -2.37. The number of hydrogen-bond acceptors (Lipinski definition) is 6. The van der Waals surface area contributed by atoms with E-state index >= 15 is 0 Å². The van der Waals surface area contributed by atoms with Crippen molar-refractivity contribution in [1.29, 1.82) is 0 Å². The summed E-state index contributed by atoms with van der Waals surface area (Å²) in [6, 6.07) is 0. The van der Waals surface area contributed by atoms with Crippen LogP contribution in [0, 0.1) is 0 Å². The van der Waals surface area contributed by atoms with Crippen LogP contribution in [0.15, 0.2) is 36.5 Å². The lowest BCUT2D eigenvalue weighted by molar-refractivity contribution is -0.167. The maximum absolute atomic E-state index is 12.9. The first-order chi connectivity index (χ1) is 37.0. The molecule has 0 spiro atoms. The quantitative estimate of drug-likeness (QED) is 0.0261. The summed E-state index contributed by atoms with van der Waals surface area (Å²) >= 11 is 0. The maximum Gasteiger partial charge on any atom is 0.306 e. The second-order valence-electron chi connectivity index (χ2n) is 22.7. The Labute approximate surface area is 467 Å². The van der Waals surface area contributed by atoms with Crippen LogP contribution in [0.5, 0.6) is 0 Å². The van der Waals surface area contributed by atoms with Crippen molar-refractivity contribution in [2.24, 2.45) is 0 Å². The van der Waals surface area contributed by atoms with Gasteiger partial charge in [0.15, 0.2) is 6.10 Å². The van der Waals surface area contributed by atoms with Gasteiger partial charge in [0.1, 0.15) is 13.2 Å². The second kappa shape index (κ2) is 64.2. The lowest BCUT2D eigenvalue weighted by atomic mass is 10.0. The summed E-state index contributed by atoms with van der Waals surface area (Å²) in [6.45, 7) is 6.68. The van der Waals surface area contributed by atoms with Crippen LogP contribution >= 0.6 is 0 Å². The van der Waals surface area contributed by atoms with Crippen LogP contribution in [0.3, 0.4) is 0 Å². The largest absolute Gasteiger partial charge is 0.462 e. The molecule has 1 atom stereocenters. The molecule has 440 valence electrons. The van der Waals surface area contributed by atoms with Crippen molar-refractivity contribution < 1.29 is 28.6 Å². The molecule has 0 rings (SSSR count). The SMILES string of the molecule is CCCCCCCCC/C=C\CCCCCCCC(=O)OCC(COC(=O)CCCCCCCCCCCCCCC/C=C\CCCCCCCCCC)OC(=O)CCCCCCC/C=C\CCCCCCCCC. The molecule has 0 heterocycles. The first kappa shape index (κ1) is 72.6. The molecule has 0 aromatic carbocycles. The number of ether oxygens (including phenoxy) is 3. The van der Waals surface area contributed by atoms with E-state index in [4.69, 9.17) is 14.2 Å². The number of hydrogen-bond donors (Lipinski definition) is 0. The van der Waals surface area contributed by atoms with Gasteiger partial charge in [-0.2, -0.15) is 0 Å². The van der Waals surface area contributed by atoms with E-state index < -0.39 is 6.10 Å². The lowest BCUT2D eigenvalue weighted by Gasteiger charge is -2.18. The van der Waals surface area contributed by atoms with Crippen molar-refractivity contribution in [2.75, 3.05) is 13.2 Å². The van der Waals surface area contributed by atoms with Gasteiger partial charge < -0.3 is 14.2 Å². The molecule has 0 aromatic rings. The molecule has 0 fully saturated rings. The molecule has 6 heteroatoms. The summed E-state index contributed by atoms with van der Waals surface area (Å²) in [5, 5.41) is 0. The molecule has 0 aliphatic heterocycles. The molecular formula is C69H128O6. The van der Waals surface area contributed by atoms with Gasteiger partial charge in [-0.1, -0.05) is 288 Å². The monoisotopic (exact) mass is 1050 g/mol. The average molecular weight is 1050 g/mol. The second-order valence-corrected chi connectivity index (χ2v) is 22.7. The minimum atomic E-state index is -0.779. The summed E-state index contributed by atoms with van der Waals surface area (Å²) < 4.78 is 16.9. The fourth-order valence-electron chi connectivity index (χ4n) is 10.0. The minimum absolute atomic E-state index is 0.0748. The highest BCUT2D eigenvalue weighted by Gasteiger charge is 2.19. The fourth-order valence-corrected chi connectivity index (χ4v) is 10.0. The predicted molar refractivity (Wildman–Crippen MR) is 326 cm³/mol. The first-order valence-corrected chi connectivity index (χ1v) is 33.5. The lowest BCUT2D eigenvalue weighted by Crippen LogP contribution is -2.30. The zero-order chi connectivity index (χ0) is 54.3. The molecular weight excluding hydrogens is 925 g/mol.